The van der Waals surface area contributed by atoms with Gasteiger partial charge in [0, 0.05) is 44.8 Å². The van der Waals surface area contributed by atoms with E-state index in [9.17, 15) is 0 Å². The highest BCUT2D eigenvalue weighted by Gasteiger charge is 2.35. The Morgan fingerprint density at radius 3 is 2.33 bits per heavy atom. The van der Waals surface area contributed by atoms with Crippen molar-refractivity contribution in [1.29, 1.82) is 0 Å². The Bertz CT molecular complexity index is 1090. The highest BCUT2D eigenvalue weighted by atomic mass is 15.4. The van der Waals surface area contributed by atoms with Crippen LogP contribution in [0.5, 0.6) is 0 Å². The minimum atomic E-state index is 0.475. The first-order chi connectivity index (χ1) is 16.2. The fourth-order valence-electron chi connectivity index (χ4n) is 5.78. The summed E-state index contributed by atoms with van der Waals surface area (Å²) in [4.78, 5) is 7.54. The number of hydrogen-bond acceptors (Lipinski definition) is 5. The number of piperazine rings is 1. The quantitative estimate of drug-likeness (QED) is 0.604. The number of piperidine rings is 3. The Kier molecular flexibility index (Phi) is 5.74. The molecule has 7 rings (SSSR count). The van der Waals surface area contributed by atoms with Gasteiger partial charge in [-0.05, 0) is 67.7 Å². The summed E-state index contributed by atoms with van der Waals surface area (Å²) in [5, 5.41) is 9.12. The van der Waals surface area contributed by atoms with Crippen LogP contribution >= 0.6 is 0 Å². The van der Waals surface area contributed by atoms with E-state index in [-0.39, 0.29) is 0 Å². The van der Waals surface area contributed by atoms with Gasteiger partial charge in [0.2, 0.25) is 0 Å². The molecule has 0 unspecified atom stereocenters. The SMILES string of the molecule is CN1CCN(Cc2cccc(-c3cccc(-c4cn([C@H]5CN6CCC5CC6)nn4)c3)c2)CC1. The molecule has 1 atom stereocenters. The van der Waals surface area contributed by atoms with Crippen LogP contribution in [0, 0.1) is 5.92 Å². The van der Waals surface area contributed by atoms with Crippen LogP contribution in [-0.4, -0.2) is 82.6 Å². The fourth-order valence-corrected chi connectivity index (χ4v) is 5.78. The van der Waals surface area contributed by atoms with Crippen LogP contribution in [0.15, 0.2) is 54.7 Å². The van der Waals surface area contributed by atoms with E-state index in [2.05, 4.69) is 91.5 Å². The van der Waals surface area contributed by atoms with Gasteiger partial charge in [-0.1, -0.05) is 41.6 Å². The summed E-state index contributed by atoms with van der Waals surface area (Å²) in [6.45, 7) is 9.24. The van der Waals surface area contributed by atoms with Crippen molar-refractivity contribution in [3.63, 3.8) is 0 Å². The molecule has 33 heavy (non-hydrogen) atoms. The molecule has 172 valence electrons. The molecule has 2 bridgehead atoms. The van der Waals surface area contributed by atoms with Crippen molar-refractivity contribution >= 4 is 0 Å². The zero-order valence-corrected chi connectivity index (χ0v) is 19.6. The van der Waals surface area contributed by atoms with Crippen molar-refractivity contribution in [3.05, 3.63) is 60.3 Å². The Morgan fingerprint density at radius 2 is 1.58 bits per heavy atom. The standard InChI is InChI=1S/C27H34N6/c1-30-12-14-32(15-13-30)18-21-4-2-5-23(16-21)24-6-3-7-25(17-24)26-19-33(29-28-26)27-20-31-10-8-22(27)9-11-31/h2-7,16-17,19,22,27H,8-15,18,20H2,1H3/t27-/m0/s1. The first kappa shape index (κ1) is 21.0. The maximum Gasteiger partial charge on any atom is 0.113 e. The summed E-state index contributed by atoms with van der Waals surface area (Å²) in [6, 6.07) is 18.3. The van der Waals surface area contributed by atoms with Crippen molar-refractivity contribution in [2.75, 3.05) is 52.9 Å². The number of fused-ring (bicyclic) bond motifs is 3. The van der Waals surface area contributed by atoms with Gasteiger partial charge in [-0.15, -0.1) is 5.10 Å². The lowest BCUT2D eigenvalue weighted by atomic mass is 9.84. The lowest BCUT2D eigenvalue weighted by Crippen LogP contribution is -2.48. The van der Waals surface area contributed by atoms with Gasteiger partial charge in [0.15, 0.2) is 0 Å². The number of likely N-dealkylation sites (N-methyl/N-ethyl adjacent to an activating group) is 1. The second-order valence-electron chi connectivity index (χ2n) is 10.1. The van der Waals surface area contributed by atoms with E-state index in [1.165, 1.54) is 42.6 Å². The number of aromatic nitrogens is 3. The number of benzene rings is 2. The normalized spacial score (nSPS) is 26.0. The average molecular weight is 443 g/mol. The molecule has 6 heteroatoms. The van der Waals surface area contributed by atoms with E-state index >= 15 is 0 Å². The summed E-state index contributed by atoms with van der Waals surface area (Å²) in [7, 11) is 2.21. The Balaban J connectivity index is 1.20. The van der Waals surface area contributed by atoms with Crippen LogP contribution in [0.1, 0.15) is 24.4 Å². The zero-order valence-electron chi connectivity index (χ0n) is 19.6. The van der Waals surface area contributed by atoms with Crippen molar-refractivity contribution in [2.24, 2.45) is 5.92 Å². The van der Waals surface area contributed by atoms with Crippen molar-refractivity contribution in [2.45, 2.75) is 25.4 Å². The van der Waals surface area contributed by atoms with Gasteiger partial charge in [0.05, 0.1) is 12.2 Å². The van der Waals surface area contributed by atoms with Gasteiger partial charge in [0.25, 0.3) is 0 Å². The Labute approximate surface area is 196 Å². The maximum atomic E-state index is 4.56. The monoisotopic (exact) mass is 442 g/mol. The van der Waals surface area contributed by atoms with Crippen LogP contribution in [0.25, 0.3) is 22.4 Å². The summed E-state index contributed by atoms with van der Waals surface area (Å²) in [5.74, 6) is 0.749. The largest absolute Gasteiger partial charge is 0.304 e. The summed E-state index contributed by atoms with van der Waals surface area (Å²) in [6.07, 6.45) is 4.75. The third kappa shape index (κ3) is 4.47. The van der Waals surface area contributed by atoms with Gasteiger partial charge >= 0.3 is 0 Å². The molecular weight excluding hydrogens is 408 g/mol. The molecule has 1 aromatic heterocycles. The Morgan fingerprint density at radius 1 is 0.848 bits per heavy atom. The lowest BCUT2D eigenvalue weighted by molar-refractivity contribution is 0.0504. The molecule has 4 fully saturated rings. The van der Waals surface area contributed by atoms with E-state index in [1.54, 1.807) is 0 Å². The van der Waals surface area contributed by atoms with E-state index in [4.69, 9.17) is 0 Å². The molecule has 0 N–H and O–H groups in total. The van der Waals surface area contributed by atoms with E-state index in [0.29, 0.717) is 6.04 Å². The second-order valence-corrected chi connectivity index (χ2v) is 10.1. The molecule has 4 saturated heterocycles. The lowest BCUT2D eigenvalue weighted by Gasteiger charge is -2.44. The molecule has 4 aliphatic heterocycles. The van der Waals surface area contributed by atoms with Crippen molar-refractivity contribution < 1.29 is 0 Å². The van der Waals surface area contributed by atoms with E-state index in [1.807, 2.05) is 0 Å². The minimum Gasteiger partial charge on any atom is -0.304 e. The molecule has 0 spiro atoms. The van der Waals surface area contributed by atoms with Crippen LogP contribution in [-0.2, 0) is 6.54 Å². The third-order valence-electron chi connectivity index (χ3n) is 7.89. The van der Waals surface area contributed by atoms with Crippen LogP contribution < -0.4 is 0 Å². The van der Waals surface area contributed by atoms with Crippen LogP contribution in [0.3, 0.4) is 0 Å². The molecule has 0 radical (unpaired) electrons. The summed E-state index contributed by atoms with van der Waals surface area (Å²) >= 11 is 0. The van der Waals surface area contributed by atoms with Crippen molar-refractivity contribution in [3.8, 4) is 22.4 Å². The van der Waals surface area contributed by atoms with E-state index in [0.717, 1.165) is 56.4 Å². The maximum absolute atomic E-state index is 4.56. The van der Waals surface area contributed by atoms with Gasteiger partial charge < -0.3 is 9.80 Å². The molecule has 4 aliphatic rings. The summed E-state index contributed by atoms with van der Waals surface area (Å²) in [5.41, 5.74) is 6.01. The predicted molar refractivity (Wildman–Crippen MR) is 132 cm³/mol. The highest BCUT2D eigenvalue weighted by molar-refractivity contribution is 5.71. The molecule has 3 aromatic rings. The predicted octanol–water partition coefficient (Wildman–Crippen LogP) is 3.63. The number of rotatable bonds is 5. The Hall–Kier alpha value is -2.54. The minimum absolute atomic E-state index is 0.475. The van der Waals surface area contributed by atoms with Gasteiger partial charge in [-0.3, -0.25) is 4.90 Å². The van der Waals surface area contributed by atoms with Gasteiger partial charge in [-0.2, -0.15) is 0 Å². The highest BCUT2D eigenvalue weighted by Crippen LogP contribution is 2.36. The molecule has 5 heterocycles. The molecular formula is C27H34N6. The zero-order chi connectivity index (χ0) is 22.2. The number of nitrogens with zero attached hydrogens (tertiary/aromatic N) is 6. The molecule has 0 saturated carbocycles. The van der Waals surface area contributed by atoms with Gasteiger partial charge in [0.1, 0.15) is 5.69 Å². The first-order valence-corrected chi connectivity index (χ1v) is 12.5. The molecule has 0 amide bonds. The fraction of sp³-hybridized carbons (Fsp3) is 0.481. The summed E-state index contributed by atoms with van der Waals surface area (Å²) < 4.78 is 2.13. The van der Waals surface area contributed by atoms with Gasteiger partial charge in [-0.25, -0.2) is 4.68 Å². The third-order valence-corrected chi connectivity index (χ3v) is 7.89. The molecule has 6 nitrogen and oxygen atoms in total. The first-order valence-electron chi connectivity index (χ1n) is 12.5. The second kappa shape index (κ2) is 9.01. The topological polar surface area (TPSA) is 40.4 Å². The average Bonchev–Trinajstić information content (AvgIpc) is 3.37. The van der Waals surface area contributed by atoms with Crippen molar-refractivity contribution in [1.82, 2.24) is 29.7 Å². The molecule has 2 aromatic carbocycles. The number of hydrogen-bond donors (Lipinski definition) is 0. The van der Waals surface area contributed by atoms with Crippen LogP contribution in [0.2, 0.25) is 0 Å². The van der Waals surface area contributed by atoms with Crippen LogP contribution in [0.4, 0.5) is 0 Å². The van der Waals surface area contributed by atoms with E-state index < -0.39 is 0 Å². The molecule has 0 aliphatic carbocycles. The smallest absolute Gasteiger partial charge is 0.113 e.